The molecule has 0 saturated carbocycles. The molecule has 3 rings (SSSR count). The minimum atomic E-state index is -0.194. The van der Waals surface area contributed by atoms with Gasteiger partial charge in [0.2, 0.25) is 5.56 Å². The first-order chi connectivity index (χ1) is 10.7. The number of methoxy groups -OCH3 is 1. The average molecular weight is 314 g/mol. The molecule has 1 aromatic carbocycles. The lowest BCUT2D eigenvalue weighted by Gasteiger charge is -2.08. The number of amides is 1. The van der Waals surface area contributed by atoms with Crippen molar-refractivity contribution >= 4 is 33.8 Å². The molecule has 0 aliphatic rings. The summed E-state index contributed by atoms with van der Waals surface area (Å²) >= 11 is 1.47. The summed E-state index contributed by atoms with van der Waals surface area (Å²) in [5.41, 5.74) is 2.54. The monoisotopic (exact) mass is 314 g/mol. The topological polar surface area (TPSA) is 71.2 Å². The quantitative estimate of drug-likeness (QED) is 0.777. The minimum absolute atomic E-state index is 0.170. The molecule has 2 aromatic heterocycles. The van der Waals surface area contributed by atoms with Crippen molar-refractivity contribution in [3.8, 4) is 0 Å². The van der Waals surface area contributed by atoms with E-state index in [1.54, 1.807) is 24.6 Å². The van der Waals surface area contributed by atoms with Gasteiger partial charge in [-0.1, -0.05) is 6.07 Å². The highest BCUT2D eigenvalue weighted by Gasteiger charge is 2.08. The number of anilines is 1. The van der Waals surface area contributed by atoms with Crippen LogP contribution in [-0.4, -0.2) is 18.0 Å². The van der Waals surface area contributed by atoms with Gasteiger partial charge in [-0.25, -0.2) is 0 Å². The van der Waals surface area contributed by atoms with Crippen LogP contribution in [0.1, 0.15) is 15.9 Å². The number of hydrogen-bond acceptors (Lipinski definition) is 4. The Balaban J connectivity index is 1.96. The van der Waals surface area contributed by atoms with Crippen molar-refractivity contribution in [1.82, 2.24) is 4.98 Å². The molecule has 5 nitrogen and oxygen atoms in total. The highest BCUT2D eigenvalue weighted by atomic mass is 32.1. The Morgan fingerprint density at radius 1 is 1.32 bits per heavy atom. The highest BCUT2D eigenvalue weighted by Crippen LogP contribution is 2.21. The van der Waals surface area contributed by atoms with Crippen LogP contribution >= 0.6 is 11.3 Å². The number of rotatable bonds is 4. The number of aromatic amines is 1. The second-order valence-corrected chi connectivity index (χ2v) is 5.60. The standard InChI is InChI=1S/C16H14N2O3S/c1-21-8-11-6-15(19)18-14-7-12(2-3-13(11)14)17-16(20)10-4-5-22-9-10/h2-7,9H,8H2,1H3,(H,17,20)(H,18,19). The summed E-state index contributed by atoms with van der Waals surface area (Å²) in [6.07, 6.45) is 0. The van der Waals surface area contributed by atoms with Gasteiger partial charge in [0.15, 0.2) is 0 Å². The van der Waals surface area contributed by atoms with E-state index in [-0.39, 0.29) is 11.5 Å². The largest absolute Gasteiger partial charge is 0.380 e. The number of carbonyl (C=O) groups excluding carboxylic acids is 1. The third-order valence-corrected chi connectivity index (χ3v) is 3.95. The smallest absolute Gasteiger partial charge is 0.256 e. The second-order valence-electron chi connectivity index (χ2n) is 4.82. The number of benzene rings is 1. The molecule has 0 fully saturated rings. The fourth-order valence-electron chi connectivity index (χ4n) is 2.28. The minimum Gasteiger partial charge on any atom is -0.380 e. The van der Waals surface area contributed by atoms with Gasteiger partial charge in [-0.3, -0.25) is 9.59 Å². The Morgan fingerprint density at radius 2 is 2.18 bits per heavy atom. The molecule has 112 valence electrons. The number of aromatic nitrogens is 1. The van der Waals surface area contributed by atoms with E-state index in [0.29, 0.717) is 23.4 Å². The predicted octanol–water partition coefficient (Wildman–Crippen LogP) is 2.99. The molecule has 6 heteroatoms. The zero-order chi connectivity index (χ0) is 15.5. The molecule has 2 N–H and O–H groups in total. The van der Waals surface area contributed by atoms with Crippen molar-refractivity contribution < 1.29 is 9.53 Å². The fourth-order valence-corrected chi connectivity index (χ4v) is 2.92. The first-order valence-corrected chi connectivity index (χ1v) is 7.60. The fraction of sp³-hybridized carbons (Fsp3) is 0.125. The maximum absolute atomic E-state index is 12.1. The summed E-state index contributed by atoms with van der Waals surface area (Å²) in [5, 5.41) is 7.36. The van der Waals surface area contributed by atoms with E-state index in [1.165, 1.54) is 17.4 Å². The van der Waals surface area contributed by atoms with E-state index in [9.17, 15) is 9.59 Å². The van der Waals surface area contributed by atoms with E-state index in [2.05, 4.69) is 10.3 Å². The molecule has 0 bridgehead atoms. The molecule has 0 spiro atoms. The van der Waals surface area contributed by atoms with Gasteiger partial charge >= 0.3 is 0 Å². The number of nitrogens with one attached hydrogen (secondary N) is 2. The van der Waals surface area contributed by atoms with E-state index in [4.69, 9.17) is 4.74 Å². The normalized spacial score (nSPS) is 10.8. The van der Waals surface area contributed by atoms with Crippen LogP contribution < -0.4 is 10.9 Å². The van der Waals surface area contributed by atoms with Gasteiger partial charge in [0.05, 0.1) is 17.7 Å². The van der Waals surface area contributed by atoms with Gasteiger partial charge in [0.1, 0.15) is 0 Å². The lowest BCUT2D eigenvalue weighted by molar-refractivity contribution is 0.102. The second kappa shape index (κ2) is 6.13. The summed E-state index contributed by atoms with van der Waals surface area (Å²) in [6.45, 7) is 0.362. The maximum Gasteiger partial charge on any atom is 0.256 e. The van der Waals surface area contributed by atoms with Crippen LogP contribution in [0.3, 0.4) is 0 Å². The van der Waals surface area contributed by atoms with Gasteiger partial charge in [-0.15, -0.1) is 0 Å². The number of hydrogen-bond donors (Lipinski definition) is 2. The lowest BCUT2D eigenvalue weighted by Crippen LogP contribution is -2.11. The molecule has 0 unspecified atom stereocenters. The number of H-pyrrole nitrogens is 1. The highest BCUT2D eigenvalue weighted by molar-refractivity contribution is 7.08. The molecule has 0 saturated heterocycles. The number of ether oxygens (including phenoxy) is 1. The number of fused-ring (bicyclic) bond motifs is 1. The Kier molecular flexibility index (Phi) is 4.04. The molecule has 3 aromatic rings. The summed E-state index contributed by atoms with van der Waals surface area (Å²) < 4.78 is 5.11. The van der Waals surface area contributed by atoms with E-state index < -0.39 is 0 Å². The molecule has 0 radical (unpaired) electrons. The molecule has 1 amide bonds. The third kappa shape index (κ3) is 2.93. The van der Waals surface area contributed by atoms with Crippen molar-refractivity contribution in [2.75, 3.05) is 12.4 Å². The molecule has 2 heterocycles. The first kappa shape index (κ1) is 14.5. The van der Waals surface area contributed by atoms with Crippen molar-refractivity contribution in [2.24, 2.45) is 0 Å². The van der Waals surface area contributed by atoms with Gasteiger partial charge in [-0.2, -0.15) is 11.3 Å². The van der Waals surface area contributed by atoms with Crippen LogP contribution in [0.4, 0.5) is 5.69 Å². The van der Waals surface area contributed by atoms with Crippen LogP contribution in [0.15, 0.2) is 45.9 Å². The number of pyridine rings is 1. The van der Waals surface area contributed by atoms with Crippen molar-refractivity contribution in [2.45, 2.75) is 6.61 Å². The van der Waals surface area contributed by atoms with Gasteiger partial charge < -0.3 is 15.0 Å². The Bertz CT molecular complexity index is 869. The van der Waals surface area contributed by atoms with E-state index in [1.807, 2.05) is 17.5 Å². The molecular weight excluding hydrogens is 300 g/mol. The van der Waals surface area contributed by atoms with Crippen LogP contribution in [0.2, 0.25) is 0 Å². The van der Waals surface area contributed by atoms with Crippen molar-refractivity contribution in [3.05, 3.63) is 62.6 Å². The van der Waals surface area contributed by atoms with Crippen LogP contribution in [0.25, 0.3) is 10.9 Å². The maximum atomic E-state index is 12.1. The SMILES string of the molecule is COCc1cc(=O)[nH]c2cc(NC(=O)c3ccsc3)ccc12. The van der Waals surface area contributed by atoms with Gasteiger partial charge in [0, 0.05) is 29.6 Å². The van der Waals surface area contributed by atoms with Crippen LogP contribution in [0.5, 0.6) is 0 Å². The molecule has 0 aliphatic heterocycles. The third-order valence-electron chi connectivity index (χ3n) is 3.27. The Hall–Kier alpha value is -2.44. The zero-order valence-corrected chi connectivity index (χ0v) is 12.7. The summed E-state index contributed by atoms with van der Waals surface area (Å²) in [4.78, 5) is 26.5. The average Bonchev–Trinajstić information content (AvgIpc) is 3.01. The number of carbonyl (C=O) groups is 1. The molecule has 22 heavy (non-hydrogen) atoms. The van der Waals surface area contributed by atoms with E-state index >= 15 is 0 Å². The molecule has 0 atom stereocenters. The molecule has 0 aliphatic carbocycles. The van der Waals surface area contributed by atoms with Gasteiger partial charge in [0.25, 0.3) is 5.91 Å². The lowest BCUT2D eigenvalue weighted by atomic mass is 10.1. The predicted molar refractivity (Wildman–Crippen MR) is 87.6 cm³/mol. The zero-order valence-electron chi connectivity index (χ0n) is 11.9. The first-order valence-electron chi connectivity index (χ1n) is 6.66. The summed E-state index contributed by atoms with van der Waals surface area (Å²) in [6, 6.07) is 8.71. The number of thiophene rings is 1. The van der Waals surface area contributed by atoms with Crippen molar-refractivity contribution in [1.29, 1.82) is 0 Å². The van der Waals surface area contributed by atoms with Crippen LogP contribution in [0, 0.1) is 0 Å². The Morgan fingerprint density at radius 3 is 2.91 bits per heavy atom. The Labute approximate surface area is 130 Å². The van der Waals surface area contributed by atoms with E-state index in [0.717, 1.165) is 10.9 Å². The summed E-state index contributed by atoms with van der Waals surface area (Å²) in [7, 11) is 1.59. The van der Waals surface area contributed by atoms with Gasteiger partial charge in [-0.05, 0) is 29.1 Å². The van der Waals surface area contributed by atoms with Crippen molar-refractivity contribution in [3.63, 3.8) is 0 Å². The van der Waals surface area contributed by atoms with Crippen LogP contribution in [-0.2, 0) is 11.3 Å². The molecular formula is C16H14N2O3S. The summed E-state index contributed by atoms with van der Waals surface area (Å²) in [5.74, 6) is -0.170.